The standard InChI is InChI=1S/C13H17O2.Li/c1-10-5-7-11(8-6-10)9-12(14)15-13(2,3)4;/h5-9H,1-4H3;/q-1;+1. The van der Waals surface area contributed by atoms with E-state index in [9.17, 15) is 4.79 Å². The molecule has 1 aromatic rings. The fourth-order valence-electron chi connectivity index (χ4n) is 1.13. The van der Waals surface area contributed by atoms with E-state index in [1.807, 2.05) is 52.0 Å². The first-order chi connectivity index (χ1) is 6.87. The predicted molar refractivity (Wildman–Crippen MR) is 60.4 cm³/mol. The second-order valence-corrected chi connectivity index (χ2v) is 4.59. The Kier molecular flexibility index (Phi) is 5.71. The minimum absolute atomic E-state index is 0. The van der Waals surface area contributed by atoms with Crippen LogP contribution in [0, 0.1) is 13.3 Å². The van der Waals surface area contributed by atoms with Gasteiger partial charge in [-0.15, -0.1) is 12.1 Å². The van der Waals surface area contributed by atoms with Crippen molar-refractivity contribution < 1.29 is 28.4 Å². The van der Waals surface area contributed by atoms with Crippen molar-refractivity contribution >= 4 is 5.97 Å². The molecule has 1 rings (SSSR count). The van der Waals surface area contributed by atoms with Crippen LogP contribution >= 0.6 is 0 Å². The fraction of sp³-hybridized carbons (Fsp3) is 0.385. The molecule has 0 unspecified atom stereocenters. The van der Waals surface area contributed by atoms with E-state index in [0.29, 0.717) is 0 Å². The van der Waals surface area contributed by atoms with Crippen LogP contribution < -0.4 is 18.9 Å². The molecule has 0 aliphatic heterocycles. The molecule has 0 bridgehead atoms. The summed E-state index contributed by atoms with van der Waals surface area (Å²) < 4.78 is 5.18. The van der Waals surface area contributed by atoms with Gasteiger partial charge >= 0.3 is 18.9 Å². The maximum atomic E-state index is 11.4. The van der Waals surface area contributed by atoms with Crippen molar-refractivity contribution in [3.05, 3.63) is 41.8 Å². The monoisotopic (exact) mass is 212 g/mol. The van der Waals surface area contributed by atoms with E-state index in [4.69, 9.17) is 4.74 Å². The number of benzene rings is 1. The fourth-order valence-corrected chi connectivity index (χ4v) is 1.13. The Labute approximate surface area is 110 Å². The first kappa shape index (κ1) is 15.2. The average molecular weight is 212 g/mol. The van der Waals surface area contributed by atoms with Gasteiger partial charge in [-0.05, 0) is 27.7 Å². The third-order valence-corrected chi connectivity index (χ3v) is 1.77. The smallest absolute Gasteiger partial charge is 0.466 e. The van der Waals surface area contributed by atoms with Gasteiger partial charge in [0.25, 0.3) is 5.97 Å². The van der Waals surface area contributed by atoms with Gasteiger partial charge in [-0.3, -0.25) is 4.79 Å². The van der Waals surface area contributed by atoms with Gasteiger partial charge in [0.1, 0.15) is 5.60 Å². The minimum Gasteiger partial charge on any atom is -0.466 e. The third kappa shape index (κ3) is 5.90. The first-order valence-electron chi connectivity index (χ1n) is 5.01. The van der Waals surface area contributed by atoms with Gasteiger partial charge in [-0.2, -0.15) is 17.7 Å². The Hall–Kier alpha value is -0.843. The molecule has 1 aromatic carbocycles. The van der Waals surface area contributed by atoms with Gasteiger partial charge in [0.05, 0.1) is 0 Å². The topological polar surface area (TPSA) is 26.3 Å². The van der Waals surface area contributed by atoms with Crippen molar-refractivity contribution in [1.29, 1.82) is 0 Å². The molecule has 16 heavy (non-hydrogen) atoms. The summed E-state index contributed by atoms with van der Waals surface area (Å²) in [5, 5.41) is 0. The van der Waals surface area contributed by atoms with Crippen LogP contribution in [0.4, 0.5) is 0 Å². The van der Waals surface area contributed by atoms with E-state index in [-0.39, 0.29) is 24.8 Å². The van der Waals surface area contributed by atoms with Crippen LogP contribution in [0.3, 0.4) is 0 Å². The van der Waals surface area contributed by atoms with Crippen LogP contribution in [0.5, 0.6) is 0 Å². The molecule has 3 heteroatoms. The average Bonchev–Trinajstić information content (AvgIpc) is 2.05. The predicted octanol–water partition coefficient (Wildman–Crippen LogP) is -0.107. The molecular formula is C13H17LiO2. The molecule has 0 spiro atoms. The summed E-state index contributed by atoms with van der Waals surface area (Å²) in [7, 11) is 0. The van der Waals surface area contributed by atoms with Crippen LogP contribution in [0.1, 0.15) is 31.9 Å². The Morgan fingerprint density at radius 2 is 1.69 bits per heavy atom. The SMILES string of the molecule is Cc1ccc([CH-]C(=O)OC(C)(C)C)cc1.[Li+]. The second-order valence-electron chi connectivity index (χ2n) is 4.59. The molecule has 0 aliphatic carbocycles. The quantitative estimate of drug-likeness (QED) is 0.388. The summed E-state index contributed by atoms with van der Waals surface area (Å²) in [5.41, 5.74) is 1.62. The Morgan fingerprint density at radius 3 is 2.12 bits per heavy atom. The largest absolute Gasteiger partial charge is 1.00 e. The van der Waals surface area contributed by atoms with Crippen LogP contribution in [0.15, 0.2) is 24.3 Å². The van der Waals surface area contributed by atoms with Crippen molar-refractivity contribution in [2.24, 2.45) is 0 Å². The molecule has 0 aliphatic rings. The Balaban J connectivity index is 0.00000225. The van der Waals surface area contributed by atoms with Gasteiger partial charge in [0.2, 0.25) is 0 Å². The number of ether oxygens (including phenoxy) is 1. The summed E-state index contributed by atoms with van der Waals surface area (Å²) in [4.78, 5) is 11.4. The molecule has 0 radical (unpaired) electrons. The van der Waals surface area contributed by atoms with E-state index in [2.05, 4.69) is 0 Å². The maximum absolute atomic E-state index is 11.4. The maximum Gasteiger partial charge on any atom is 1.00 e. The first-order valence-corrected chi connectivity index (χ1v) is 5.01. The van der Waals surface area contributed by atoms with Crippen molar-refractivity contribution in [3.63, 3.8) is 0 Å². The summed E-state index contributed by atoms with van der Waals surface area (Å²) in [6.45, 7) is 7.58. The van der Waals surface area contributed by atoms with Crippen LogP contribution in [-0.2, 0) is 9.53 Å². The molecule has 0 atom stereocenters. The molecular weight excluding hydrogens is 195 g/mol. The number of carbonyl (C=O) groups is 1. The molecule has 0 saturated heterocycles. The summed E-state index contributed by atoms with van der Waals surface area (Å²) in [6, 6.07) is 7.74. The Bertz CT molecular complexity index is 336. The molecule has 0 aromatic heterocycles. The normalized spacial score (nSPS) is 10.2. The Morgan fingerprint density at radius 1 is 1.19 bits per heavy atom. The summed E-state index contributed by atoms with van der Waals surface area (Å²) in [5.74, 6) is -0.300. The molecule has 2 nitrogen and oxygen atoms in total. The van der Waals surface area contributed by atoms with E-state index < -0.39 is 5.60 Å². The van der Waals surface area contributed by atoms with Crippen molar-refractivity contribution in [1.82, 2.24) is 0 Å². The molecule has 0 fully saturated rings. The number of aryl methyl sites for hydroxylation is 1. The van der Waals surface area contributed by atoms with Crippen molar-refractivity contribution in [3.8, 4) is 0 Å². The van der Waals surface area contributed by atoms with Crippen LogP contribution in [-0.4, -0.2) is 11.6 Å². The second kappa shape index (κ2) is 6.03. The van der Waals surface area contributed by atoms with Gasteiger partial charge in [0, 0.05) is 0 Å². The van der Waals surface area contributed by atoms with Crippen molar-refractivity contribution in [2.45, 2.75) is 33.3 Å². The molecule has 0 amide bonds. The van der Waals surface area contributed by atoms with Crippen LogP contribution in [0.2, 0.25) is 0 Å². The van der Waals surface area contributed by atoms with E-state index in [1.165, 1.54) is 12.0 Å². The zero-order chi connectivity index (χ0) is 11.5. The number of hydrogen-bond donors (Lipinski definition) is 0. The molecule has 0 saturated carbocycles. The molecule has 0 N–H and O–H groups in total. The number of carbonyl (C=O) groups excluding carboxylic acids is 1. The van der Waals surface area contributed by atoms with Crippen LogP contribution in [0.25, 0.3) is 0 Å². The zero-order valence-electron chi connectivity index (χ0n) is 10.7. The summed E-state index contributed by atoms with van der Waals surface area (Å²) in [6.07, 6.45) is 1.50. The molecule has 0 heterocycles. The van der Waals surface area contributed by atoms with Gasteiger partial charge in [0.15, 0.2) is 0 Å². The van der Waals surface area contributed by atoms with Gasteiger partial charge in [-0.1, -0.05) is 12.0 Å². The summed E-state index contributed by atoms with van der Waals surface area (Å²) >= 11 is 0. The van der Waals surface area contributed by atoms with Crippen molar-refractivity contribution in [2.75, 3.05) is 0 Å². The van der Waals surface area contributed by atoms with Gasteiger partial charge < -0.3 is 4.74 Å². The van der Waals surface area contributed by atoms with Gasteiger partial charge in [-0.25, -0.2) is 0 Å². The van der Waals surface area contributed by atoms with E-state index in [1.54, 1.807) is 0 Å². The number of esters is 1. The van der Waals surface area contributed by atoms with E-state index in [0.717, 1.165) is 5.56 Å². The number of hydrogen-bond acceptors (Lipinski definition) is 2. The zero-order valence-corrected chi connectivity index (χ0v) is 10.7. The minimum atomic E-state index is -0.432. The van der Waals surface area contributed by atoms with E-state index >= 15 is 0 Å². The third-order valence-electron chi connectivity index (χ3n) is 1.77. The number of rotatable bonds is 2. The molecule has 82 valence electrons.